The smallest absolute Gasteiger partial charge is 0.244 e. The quantitative estimate of drug-likeness (QED) is 0.262. The first-order valence-corrected chi connectivity index (χ1v) is 15.4. The number of benzene rings is 3. The van der Waals surface area contributed by atoms with Gasteiger partial charge < -0.3 is 10.2 Å². The Morgan fingerprint density at radius 3 is 2.15 bits per heavy atom. The topological polar surface area (TPSA) is 86.8 Å². The SMILES string of the molecule is CCCCNC(=O)[C@H](Cc1ccccc1)N(Cc1ccc(F)cc1)C(=O)CN(c1cc(Cl)cc(Cl)c1)S(C)(=O)=O. The molecule has 0 aliphatic rings. The molecule has 1 atom stereocenters. The largest absolute Gasteiger partial charge is 0.354 e. The van der Waals surface area contributed by atoms with E-state index in [1.807, 2.05) is 37.3 Å². The Morgan fingerprint density at radius 2 is 1.57 bits per heavy atom. The van der Waals surface area contributed by atoms with Crippen molar-refractivity contribution in [2.75, 3.05) is 23.7 Å². The Kier molecular flexibility index (Phi) is 11.4. The number of nitrogens with zero attached hydrogens (tertiary/aromatic N) is 2. The molecule has 0 aliphatic heterocycles. The van der Waals surface area contributed by atoms with Crippen LogP contribution >= 0.6 is 23.2 Å². The minimum absolute atomic E-state index is 0.0499. The van der Waals surface area contributed by atoms with Gasteiger partial charge in [0.1, 0.15) is 18.4 Å². The molecule has 3 rings (SSSR count). The molecule has 214 valence electrons. The first kappa shape index (κ1) is 31.4. The Labute approximate surface area is 244 Å². The second-order valence-electron chi connectivity index (χ2n) is 9.40. The number of carbonyl (C=O) groups is 2. The van der Waals surface area contributed by atoms with Gasteiger partial charge in [0.15, 0.2) is 0 Å². The monoisotopic (exact) mass is 607 g/mol. The zero-order valence-corrected chi connectivity index (χ0v) is 24.6. The Hall–Kier alpha value is -3.14. The van der Waals surface area contributed by atoms with Crippen molar-refractivity contribution in [3.05, 3.63) is 99.8 Å². The number of nitrogens with one attached hydrogen (secondary N) is 1. The van der Waals surface area contributed by atoms with Crippen LogP contribution in [0.3, 0.4) is 0 Å². The van der Waals surface area contributed by atoms with Crippen LogP contribution in [0.2, 0.25) is 10.0 Å². The van der Waals surface area contributed by atoms with Gasteiger partial charge in [0.05, 0.1) is 11.9 Å². The Bertz CT molecular complexity index is 1390. The van der Waals surface area contributed by atoms with Crippen LogP contribution in [0.15, 0.2) is 72.8 Å². The van der Waals surface area contributed by atoms with Crippen LogP contribution in [-0.4, -0.2) is 50.5 Å². The van der Waals surface area contributed by atoms with Gasteiger partial charge in [-0.1, -0.05) is 79.0 Å². The van der Waals surface area contributed by atoms with E-state index >= 15 is 0 Å². The highest BCUT2D eigenvalue weighted by atomic mass is 35.5. The Balaban J connectivity index is 2.04. The molecule has 3 aromatic carbocycles. The van der Waals surface area contributed by atoms with Gasteiger partial charge in [-0.25, -0.2) is 12.8 Å². The molecule has 0 aromatic heterocycles. The highest BCUT2D eigenvalue weighted by molar-refractivity contribution is 7.92. The number of hydrogen-bond donors (Lipinski definition) is 1. The molecular formula is C29H32Cl2FN3O4S. The molecule has 3 aromatic rings. The maximum absolute atomic E-state index is 14.0. The minimum atomic E-state index is -3.96. The normalized spacial score (nSPS) is 12.0. The average molecular weight is 609 g/mol. The van der Waals surface area contributed by atoms with E-state index in [4.69, 9.17) is 23.2 Å². The zero-order chi connectivity index (χ0) is 29.3. The first-order valence-electron chi connectivity index (χ1n) is 12.8. The molecule has 40 heavy (non-hydrogen) atoms. The van der Waals surface area contributed by atoms with Crippen LogP contribution in [0.25, 0.3) is 0 Å². The summed E-state index contributed by atoms with van der Waals surface area (Å²) in [4.78, 5) is 28.8. The highest BCUT2D eigenvalue weighted by Crippen LogP contribution is 2.27. The van der Waals surface area contributed by atoms with Crippen LogP contribution in [0, 0.1) is 5.82 Å². The van der Waals surface area contributed by atoms with E-state index in [1.54, 1.807) is 0 Å². The predicted octanol–water partition coefficient (Wildman–Crippen LogP) is 5.45. The van der Waals surface area contributed by atoms with Gasteiger partial charge in [-0.2, -0.15) is 0 Å². The predicted molar refractivity (Wildman–Crippen MR) is 157 cm³/mol. The summed E-state index contributed by atoms with van der Waals surface area (Å²) in [7, 11) is -3.96. The number of sulfonamides is 1. The molecule has 0 radical (unpaired) electrons. The number of rotatable bonds is 13. The van der Waals surface area contributed by atoms with Gasteiger partial charge in [-0.15, -0.1) is 0 Å². The number of unbranched alkanes of at least 4 members (excludes halogenated alkanes) is 1. The molecule has 0 unspecified atom stereocenters. The summed E-state index contributed by atoms with van der Waals surface area (Å²) in [6.07, 6.45) is 2.78. The molecule has 0 heterocycles. The van der Waals surface area contributed by atoms with Crippen molar-refractivity contribution in [1.29, 1.82) is 0 Å². The van der Waals surface area contributed by atoms with Crippen LogP contribution in [0.4, 0.5) is 10.1 Å². The zero-order valence-electron chi connectivity index (χ0n) is 22.3. The average Bonchev–Trinajstić information content (AvgIpc) is 2.89. The molecular weight excluding hydrogens is 576 g/mol. The summed E-state index contributed by atoms with van der Waals surface area (Å²) in [5, 5.41) is 3.30. The van der Waals surface area contributed by atoms with E-state index in [0.717, 1.165) is 29.0 Å². The van der Waals surface area contributed by atoms with Crippen molar-refractivity contribution >= 4 is 50.7 Å². The molecule has 0 aliphatic carbocycles. The van der Waals surface area contributed by atoms with E-state index in [2.05, 4.69) is 5.32 Å². The maximum atomic E-state index is 14.0. The van der Waals surface area contributed by atoms with Crippen LogP contribution in [-0.2, 0) is 32.6 Å². The third-order valence-electron chi connectivity index (χ3n) is 6.18. The van der Waals surface area contributed by atoms with Gasteiger partial charge in [0.25, 0.3) is 0 Å². The lowest BCUT2D eigenvalue weighted by Gasteiger charge is -2.33. The summed E-state index contributed by atoms with van der Waals surface area (Å²) >= 11 is 12.2. The van der Waals surface area contributed by atoms with Crippen molar-refractivity contribution in [2.24, 2.45) is 0 Å². The van der Waals surface area contributed by atoms with Crippen molar-refractivity contribution in [2.45, 2.75) is 38.8 Å². The minimum Gasteiger partial charge on any atom is -0.354 e. The first-order chi connectivity index (χ1) is 19.0. The lowest BCUT2D eigenvalue weighted by atomic mass is 10.0. The van der Waals surface area contributed by atoms with Crippen molar-refractivity contribution in [1.82, 2.24) is 10.2 Å². The van der Waals surface area contributed by atoms with Gasteiger partial charge in [-0.3, -0.25) is 13.9 Å². The maximum Gasteiger partial charge on any atom is 0.244 e. The second kappa shape index (κ2) is 14.5. The number of carbonyl (C=O) groups excluding carboxylic acids is 2. The molecule has 0 fully saturated rings. The summed E-state index contributed by atoms with van der Waals surface area (Å²) in [6, 6.07) is 18.1. The summed E-state index contributed by atoms with van der Waals surface area (Å²) < 4.78 is 40.2. The van der Waals surface area contributed by atoms with Gasteiger partial charge in [0, 0.05) is 29.6 Å². The van der Waals surface area contributed by atoms with Gasteiger partial charge in [0.2, 0.25) is 21.8 Å². The van der Waals surface area contributed by atoms with E-state index in [1.165, 1.54) is 47.4 Å². The van der Waals surface area contributed by atoms with Gasteiger partial charge >= 0.3 is 0 Å². The number of hydrogen-bond acceptors (Lipinski definition) is 4. The van der Waals surface area contributed by atoms with E-state index in [-0.39, 0.29) is 34.6 Å². The van der Waals surface area contributed by atoms with E-state index in [9.17, 15) is 22.4 Å². The molecule has 11 heteroatoms. The number of anilines is 1. The molecule has 1 N–H and O–H groups in total. The number of amides is 2. The fourth-order valence-electron chi connectivity index (χ4n) is 4.14. The molecule has 0 spiro atoms. The van der Waals surface area contributed by atoms with Crippen LogP contribution < -0.4 is 9.62 Å². The van der Waals surface area contributed by atoms with E-state index in [0.29, 0.717) is 12.1 Å². The molecule has 0 saturated carbocycles. The third kappa shape index (κ3) is 9.21. The standard InChI is InChI=1S/C29H32Cl2FN3O4S/c1-3-4-14-33-29(37)27(15-21-8-6-5-7-9-21)34(19-22-10-12-25(32)13-11-22)28(36)20-35(40(2,38)39)26-17-23(30)16-24(31)18-26/h5-13,16-18,27H,3-4,14-15,19-20H2,1-2H3,(H,33,37)/t27-/m0/s1. The molecule has 7 nitrogen and oxygen atoms in total. The van der Waals surface area contributed by atoms with Crippen LogP contribution in [0.5, 0.6) is 0 Å². The lowest BCUT2D eigenvalue weighted by Crippen LogP contribution is -2.53. The van der Waals surface area contributed by atoms with Crippen molar-refractivity contribution in [3.8, 4) is 0 Å². The highest BCUT2D eigenvalue weighted by Gasteiger charge is 2.33. The molecule has 0 bridgehead atoms. The third-order valence-corrected chi connectivity index (χ3v) is 7.76. The Morgan fingerprint density at radius 1 is 0.950 bits per heavy atom. The number of halogens is 3. The van der Waals surface area contributed by atoms with Crippen molar-refractivity contribution < 1.29 is 22.4 Å². The van der Waals surface area contributed by atoms with Crippen molar-refractivity contribution in [3.63, 3.8) is 0 Å². The van der Waals surface area contributed by atoms with Crippen LogP contribution in [0.1, 0.15) is 30.9 Å². The van der Waals surface area contributed by atoms with Gasteiger partial charge in [-0.05, 0) is 47.9 Å². The molecule has 0 saturated heterocycles. The summed E-state index contributed by atoms with van der Waals surface area (Å²) in [5.74, 6) is -1.44. The fourth-order valence-corrected chi connectivity index (χ4v) is 5.49. The summed E-state index contributed by atoms with van der Waals surface area (Å²) in [5.41, 5.74) is 1.50. The lowest BCUT2D eigenvalue weighted by molar-refractivity contribution is -0.140. The second-order valence-corrected chi connectivity index (χ2v) is 12.2. The fraction of sp³-hybridized carbons (Fsp3) is 0.310. The molecule has 2 amide bonds. The summed E-state index contributed by atoms with van der Waals surface area (Å²) in [6.45, 7) is 1.77. The van der Waals surface area contributed by atoms with E-state index < -0.39 is 34.3 Å².